The van der Waals surface area contributed by atoms with E-state index >= 15 is 0 Å². The van der Waals surface area contributed by atoms with Crippen LogP contribution in [0.1, 0.15) is 43.5 Å². The maximum atomic E-state index is 11.8. The number of nitro groups is 1. The van der Waals surface area contributed by atoms with Crippen LogP contribution in [0.5, 0.6) is 5.75 Å². The van der Waals surface area contributed by atoms with Crippen molar-refractivity contribution >= 4 is 17.4 Å². The third-order valence-corrected chi connectivity index (χ3v) is 2.89. The van der Waals surface area contributed by atoms with Crippen LogP contribution < -0.4 is 10.1 Å². The second kappa shape index (κ2) is 8.76. The van der Waals surface area contributed by atoms with E-state index in [-0.39, 0.29) is 35.3 Å². The molecular formula is C15H20N2O5. The minimum atomic E-state index is -0.623. The monoisotopic (exact) mass is 308 g/mol. The third-order valence-electron chi connectivity index (χ3n) is 2.89. The minimum absolute atomic E-state index is 0.0234. The largest absolute Gasteiger partial charge is 0.477 e. The summed E-state index contributed by atoms with van der Waals surface area (Å²) in [6.07, 6.45) is 1.79. The normalized spacial score (nSPS) is 10.1. The summed E-state index contributed by atoms with van der Waals surface area (Å²) < 4.78 is 5.19. The number of carbonyl (C=O) groups is 2. The summed E-state index contributed by atoms with van der Waals surface area (Å²) in [5.41, 5.74) is -0.0402. The Morgan fingerprint density at radius 1 is 1.27 bits per heavy atom. The van der Waals surface area contributed by atoms with Gasteiger partial charge in [-0.25, -0.2) is 0 Å². The summed E-state index contributed by atoms with van der Waals surface area (Å²) >= 11 is 0. The van der Waals surface area contributed by atoms with Gasteiger partial charge < -0.3 is 10.1 Å². The molecule has 1 aromatic rings. The van der Waals surface area contributed by atoms with Gasteiger partial charge in [0.2, 0.25) is 0 Å². The van der Waals surface area contributed by atoms with Gasteiger partial charge in [0.05, 0.1) is 4.92 Å². The summed E-state index contributed by atoms with van der Waals surface area (Å²) in [5.74, 6) is -0.523. The van der Waals surface area contributed by atoms with Gasteiger partial charge in [-0.05, 0) is 25.0 Å². The molecule has 1 rings (SSSR count). The van der Waals surface area contributed by atoms with E-state index in [1.54, 1.807) is 0 Å². The highest BCUT2D eigenvalue weighted by molar-refractivity contribution is 5.96. The maximum Gasteiger partial charge on any atom is 0.311 e. The maximum absolute atomic E-state index is 11.8. The van der Waals surface area contributed by atoms with Gasteiger partial charge in [-0.2, -0.15) is 0 Å². The van der Waals surface area contributed by atoms with Crippen LogP contribution in [-0.4, -0.2) is 29.8 Å². The van der Waals surface area contributed by atoms with Gasteiger partial charge in [-0.15, -0.1) is 0 Å². The van der Waals surface area contributed by atoms with Crippen molar-refractivity contribution in [3.8, 4) is 5.75 Å². The Balaban J connectivity index is 2.84. The fraction of sp³-hybridized carbons (Fsp3) is 0.467. The number of nitrogens with zero attached hydrogens (tertiary/aromatic N) is 1. The molecule has 0 radical (unpaired) electrons. The molecule has 0 fully saturated rings. The number of amides is 1. The smallest absolute Gasteiger partial charge is 0.311 e. The summed E-state index contributed by atoms with van der Waals surface area (Å²) in [4.78, 5) is 33.7. The van der Waals surface area contributed by atoms with Crippen molar-refractivity contribution in [1.82, 2.24) is 5.32 Å². The number of carbonyl (C=O) groups excluding carboxylic acids is 2. The molecule has 1 amide bonds. The molecule has 0 aliphatic heterocycles. The van der Waals surface area contributed by atoms with E-state index in [1.807, 2.05) is 13.8 Å². The first kappa shape index (κ1) is 17.6. The first-order valence-corrected chi connectivity index (χ1v) is 7.20. The lowest BCUT2D eigenvalue weighted by atomic mass is 10.1. The van der Waals surface area contributed by atoms with Gasteiger partial charge in [0, 0.05) is 24.6 Å². The number of hydrogen-bond acceptors (Lipinski definition) is 5. The van der Waals surface area contributed by atoms with Crippen molar-refractivity contribution in [2.24, 2.45) is 0 Å². The van der Waals surface area contributed by atoms with Crippen molar-refractivity contribution in [1.29, 1.82) is 0 Å². The highest BCUT2D eigenvalue weighted by Gasteiger charge is 2.19. The van der Waals surface area contributed by atoms with Gasteiger partial charge in [0.25, 0.3) is 5.91 Å². The predicted octanol–water partition coefficient (Wildman–Crippen LogP) is 2.48. The quantitative estimate of drug-likeness (QED) is 0.429. The van der Waals surface area contributed by atoms with Gasteiger partial charge >= 0.3 is 5.69 Å². The van der Waals surface area contributed by atoms with Crippen LogP contribution >= 0.6 is 0 Å². The van der Waals surface area contributed by atoms with E-state index in [1.165, 1.54) is 18.2 Å². The molecule has 22 heavy (non-hydrogen) atoms. The lowest BCUT2D eigenvalue weighted by molar-refractivity contribution is -0.385. The highest BCUT2D eigenvalue weighted by Crippen LogP contribution is 2.28. The molecule has 0 bridgehead atoms. The number of hydrogen-bond donors (Lipinski definition) is 1. The van der Waals surface area contributed by atoms with Crippen LogP contribution in [0.2, 0.25) is 0 Å². The predicted molar refractivity (Wildman–Crippen MR) is 81.1 cm³/mol. The Hall–Kier alpha value is -2.44. The zero-order valence-electron chi connectivity index (χ0n) is 12.8. The van der Waals surface area contributed by atoms with Crippen LogP contribution in [0, 0.1) is 10.1 Å². The first-order valence-electron chi connectivity index (χ1n) is 7.20. The summed E-state index contributed by atoms with van der Waals surface area (Å²) in [7, 11) is 0. The van der Waals surface area contributed by atoms with E-state index in [0.717, 1.165) is 6.42 Å². The molecule has 0 aliphatic rings. The van der Waals surface area contributed by atoms with Gasteiger partial charge in [0.15, 0.2) is 18.1 Å². The van der Waals surface area contributed by atoms with Gasteiger partial charge in [-0.1, -0.05) is 13.8 Å². The Morgan fingerprint density at radius 2 is 2.00 bits per heavy atom. The summed E-state index contributed by atoms with van der Waals surface area (Å²) in [5, 5.41) is 13.7. The number of nitrogens with one attached hydrogen (secondary N) is 1. The van der Waals surface area contributed by atoms with Crippen molar-refractivity contribution in [3.05, 3.63) is 33.9 Å². The number of Topliss-reactive ketones (excluding diaryl/α,β-unsaturated/α-hetero) is 1. The zero-order chi connectivity index (χ0) is 16.5. The molecule has 0 aromatic heterocycles. The number of rotatable bonds is 9. The van der Waals surface area contributed by atoms with Crippen LogP contribution in [-0.2, 0) is 4.79 Å². The molecule has 0 aliphatic carbocycles. The van der Waals surface area contributed by atoms with Crippen LogP contribution in [0.25, 0.3) is 0 Å². The van der Waals surface area contributed by atoms with Crippen molar-refractivity contribution < 1.29 is 19.2 Å². The molecule has 1 N–H and O–H groups in total. The number of nitro benzene ring substituents is 1. The number of ketones is 1. The lowest BCUT2D eigenvalue weighted by Crippen LogP contribution is -2.29. The molecule has 1 aromatic carbocycles. The van der Waals surface area contributed by atoms with Crippen LogP contribution in [0.4, 0.5) is 5.69 Å². The fourth-order valence-electron chi connectivity index (χ4n) is 1.79. The molecule has 0 atom stereocenters. The van der Waals surface area contributed by atoms with E-state index in [0.29, 0.717) is 19.4 Å². The molecule has 0 heterocycles. The second-order valence-electron chi connectivity index (χ2n) is 4.75. The Kier molecular flexibility index (Phi) is 7.01. The second-order valence-corrected chi connectivity index (χ2v) is 4.75. The Bertz CT molecular complexity index is 557. The molecule has 0 saturated heterocycles. The Morgan fingerprint density at radius 3 is 2.59 bits per heavy atom. The molecule has 120 valence electrons. The molecule has 7 heteroatoms. The zero-order valence-corrected chi connectivity index (χ0v) is 12.8. The average molecular weight is 308 g/mol. The molecule has 0 spiro atoms. The standard InChI is InChI=1S/C15H20N2O5/c1-3-5-13(18)11-6-7-14(12(9-11)17(20)21)22-10-15(19)16-8-4-2/h6-7,9H,3-5,8,10H2,1-2H3,(H,16,19). The minimum Gasteiger partial charge on any atom is -0.477 e. The number of ether oxygens (including phenoxy) is 1. The molecule has 7 nitrogen and oxygen atoms in total. The van der Waals surface area contributed by atoms with E-state index in [9.17, 15) is 19.7 Å². The van der Waals surface area contributed by atoms with Crippen LogP contribution in [0.15, 0.2) is 18.2 Å². The Labute approximate surface area is 128 Å². The topological polar surface area (TPSA) is 98.5 Å². The van der Waals surface area contributed by atoms with Gasteiger partial charge in [-0.3, -0.25) is 19.7 Å². The molecule has 0 unspecified atom stereocenters. The molecule has 0 saturated carbocycles. The van der Waals surface area contributed by atoms with Crippen LogP contribution in [0.3, 0.4) is 0 Å². The SMILES string of the molecule is CCCNC(=O)COc1ccc(C(=O)CCC)cc1[N+](=O)[O-]. The van der Waals surface area contributed by atoms with E-state index in [4.69, 9.17) is 4.74 Å². The lowest BCUT2D eigenvalue weighted by Gasteiger charge is -2.08. The van der Waals surface area contributed by atoms with Crippen molar-refractivity contribution in [3.63, 3.8) is 0 Å². The van der Waals surface area contributed by atoms with Crippen molar-refractivity contribution in [2.75, 3.05) is 13.2 Å². The number of benzene rings is 1. The van der Waals surface area contributed by atoms with E-state index in [2.05, 4.69) is 5.32 Å². The van der Waals surface area contributed by atoms with E-state index < -0.39 is 4.92 Å². The van der Waals surface area contributed by atoms with Crippen molar-refractivity contribution in [2.45, 2.75) is 33.1 Å². The fourth-order valence-corrected chi connectivity index (χ4v) is 1.79. The summed E-state index contributed by atoms with van der Waals surface area (Å²) in [6, 6.07) is 4.02. The third kappa shape index (κ3) is 5.16. The first-order chi connectivity index (χ1) is 10.5. The summed E-state index contributed by atoms with van der Waals surface area (Å²) in [6.45, 7) is 3.99. The highest BCUT2D eigenvalue weighted by atomic mass is 16.6. The van der Waals surface area contributed by atoms with Gasteiger partial charge in [0.1, 0.15) is 0 Å². The molecular weight excluding hydrogens is 288 g/mol. The average Bonchev–Trinajstić information content (AvgIpc) is 2.50.